The molecule has 0 aliphatic carbocycles. The fraction of sp³-hybridized carbons (Fsp3) is 0.533. The van der Waals surface area contributed by atoms with Gasteiger partial charge in [-0.05, 0) is 12.5 Å². The molecule has 0 N–H and O–H groups in total. The van der Waals surface area contributed by atoms with Crippen LogP contribution in [0.4, 0.5) is 11.4 Å². The molecule has 2 aliphatic rings. The second-order valence-electron chi connectivity index (χ2n) is 5.55. The third-order valence-electron chi connectivity index (χ3n) is 4.06. The molecule has 8 heteroatoms. The highest BCUT2D eigenvalue weighted by atomic mass is 16.6. The summed E-state index contributed by atoms with van der Waals surface area (Å²) >= 11 is 0. The number of amides is 1. The maximum Gasteiger partial charge on any atom is 0.271 e. The summed E-state index contributed by atoms with van der Waals surface area (Å²) in [6, 6.07) is 4.34. The number of anilines is 1. The molecule has 0 radical (unpaired) electrons. The third-order valence-corrected chi connectivity index (χ3v) is 4.06. The number of carbonyl (C=O) groups excluding carboxylic acids is 1. The van der Waals surface area contributed by atoms with Crippen LogP contribution in [-0.4, -0.2) is 61.7 Å². The molecule has 0 atom stereocenters. The first-order valence-electron chi connectivity index (χ1n) is 7.67. The van der Waals surface area contributed by atoms with E-state index in [9.17, 15) is 14.9 Å². The molecule has 1 fully saturated rings. The fourth-order valence-electron chi connectivity index (χ4n) is 2.83. The molecule has 124 valence electrons. The lowest BCUT2D eigenvalue weighted by atomic mass is 10.2. The number of fused-ring (bicyclic) bond motifs is 1. The molecule has 2 aliphatic heterocycles. The van der Waals surface area contributed by atoms with E-state index in [0.29, 0.717) is 18.0 Å². The maximum absolute atomic E-state index is 12.1. The minimum atomic E-state index is -0.467. The second kappa shape index (κ2) is 6.93. The molecule has 0 unspecified atom stereocenters. The van der Waals surface area contributed by atoms with E-state index in [2.05, 4.69) is 4.90 Å². The first-order valence-corrected chi connectivity index (χ1v) is 7.67. The lowest BCUT2D eigenvalue weighted by Gasteiger charge is -2.31. The average Bonchev–Trinajstić information content (AvgIpc) is 2.57. The lowest BCUT2D eigenvalue weighted by Crippen LogP contribution is -2.42. The first kappa shape index (κ1) is 15.7. The Morgan fingerprint density at radius 1 is 1.22 bits per heavy atom. The highest BCUT2D eigenvalue weighted by molar-refractivity contribution is 5.98. The molecule has 1 amide bonds. The summed E-state index contributed by atoms with van der Waals surface area (Å²) < 4.78 is 10.7. The summed E-state index contributed by atoms with van der Waals surface area (Å²) in [5, 5.41) is 10.9. The van der Waals surface area contributed by atoms with Crippen molar-refractivity contribution in [1.29, 1.82) is 0 Å². The number of hydrogen-bond donors (Lipinski definition) is 0. The summed E-state index contributed by atoms with van der Waals surface area (Å²) in [6.07, 6.45) is 0.799. The lowest BCUT2D eigenvalue weighted by molar-refractivity contribution is -0.384. The van der Waals surface area contributed by atoms with E-state index in [0.717, 1.165) is 39.3 Å². The second-order valence-corrected chi connectivity index (χ2v) is 5.55. The molecule has 23 heavy (non-hydrogen) atoms. The van der Waals surface area contributed by atoms with Crippen LogP contribution in [0.15, 0.2) is 18.2 Å². The molecule has 3 rings (SSSR count). The van der Waals surface area contributed by atoms with Gasteiger partial charge < -0.3 is 14.4 Å². The molecule has 0 spiro atoms. The molecule has 2 heterocycles. The number of nitrogens with zero attached hydrogens (tertiary/aromatic N) is 3. The Kier molecular flexibility index (Phi) is 4.73. The number of morpholine rings is 1. The molecule has 1 aromatic rings. The topological polar surface area (TPSA) is 85.1 Å². The highest BCUT2D eigenvalue weighted by Gasteiger charge is 2.27. The van der Waals surface area contributed by atoms with E-state index >= 15 is 0 Å². The van der Waals surface area contributed by atoms with Crippen LogP contribution in [0.25, 0.3) is 0 Å². The van der Waals surface area contributed by atoms with Crippen molar-refractivity contribution in [3.8, 4) is 5.75 Å². The number of ether oxygens (including phenoxy) is 2. The van der Waals surface area contributed by atoms with E-state index < -0.39 is 4.92 Å². The Balaban J connectivity index is 1.67. The normalized spacial score (nSPS) is 18.4. The molecule has 1 aromatic carbocycles. The number of nitro benzene ring substituents is 1. The van der Waals surface area contributed by atoms with Gasteiger partial charge in [0.25, 0.3) is 11.6 Å². The zero-order chi connectivity index (χ0) is 16.2. The maximum atomic E-state index is 12.1. The van der Waals surface area contributed by atoms with Crippen LogP contribution in [0, 0.1) is 10.1 Å². The Morgan fingerprint density at radius 3 is 2.74 bits per heavy atom. The van der Waals surface area contributed by atoms with Gasteiger partial charge in [-0.2, -0.15) is 0 Å². The first-order chi connectivity index (χ1) is 11.1. The van der Waals surface area contributed by atoms with Crippen LogP contribution < -0.4 is 9.64 Å². The molecule has 0 bridgehead atoms. The molecule has 0 aromatic heterocycles. The number of benzene rings is 1. The van der Waals surface area contributed by atoms with Gasteiger partial charge in [-0.25, -0.2) is 0 Å². The van der Waals surface area contributed by atoms with Gasteiger partial charge in [0.15, 0.2) is 6.61 Å². The average molecular weight is 321 g/mol. The smallest absolute Gasteiger partial charge is 0.271 e. The molecular formula is C15H19N3O5. The monoisotopic (exact) mass is 321 g/mol. The summed E-state index contributed by atoms with van der Waals surface area (Å²) in [5.41, 5.74) is 0.442. The number of nitro groups is 1. The van der Waals surface area contributed by atoms with Gasteiger partial charge in [-0.1, -0.05) is 0 Å². The van der Waals surface area contributed by atoms with Crippen molar-refractivity contribution in [3.63, 3.8) is 0 Å². The van der Waals surface area contributed by atoms with Crippen molar-refractivity contribution in [2.45, 2.75) is 6.42 Å². The Hall–Kier alpha value is -2.19. The van der Waals surface area contributed by atoms with Crippen LogP contribution >= 0.6 is 0 Å². The van der Waals surface area contributed by atoms with Crippen molar-refractivity contribution in [2.75, 3.05) is 50.9 Å². The Labute approximate surface area is 133 Å². The van der Waals surface area contributed by atoms with Crippen molar-refractivity contribution in [1.82, 2.24) is 4.90 Å². The summed E-state index contributed by atoms with van der Waals surface area (Å²) in [7, 11) is 0. The summed E-state index contributed by atoms with van der Waals surface area (Å²) in [6.45, 7) is 4.66. The van der Waals surface area contributed by atoms with Crippen LogP contribution in [-0.2, 0) is 9.53 Å². The summed E-state index contributed by atoms with van der Waals surface area (Å²) in [5.74, 6) is 0.349. The van der Waals surface area contributed by atoms with Crippen molar-refractivity contribution in [2.24, 2.45) is 0 Å². The van der Waals surface area contributed by atoms with Gasteiger partial charge in [0.2, 0.25) is 0 Å². The van der Waals surface area contributed by atoms with Crippen LogP contribution in [0.5, 0.6) is 5.75 Å². The predicted molar refractivity (Wildman–Crippen MR) is 82.8 cm³/mol. The number of rotatable bonds is 5. The molecule has 0 saturated carbocycles. The number of hydrogen-bond acceptors (Lipinski definition) is 6. The SMILES string of the molecule is O=C1COc2ccc([N+](=O)[O-])cc2N1CCCN1CCOCC1. The Morgan fingerprint density at radius 2 is 2.00 bits per heavy atom. The highest BCUT2D eigenvalue weighted by Crippen LogP contribution is 2.35. The van der Waals surface area contributed by atoms with Crippen LogP contribution in [0.3, 0.4) is 0 Å². The zero-order valence-electron chi connectivity index (χ0n) is 12.8. The quantitative estimate of drug-likeness (QED) is 0.595. The predicted octanol–water partition coefficient (Wildman–Crippen LogP) is 1.04. The van der Waals surface area contributed by atoms with Gasteiger partial charge in [-0.3, -0.25) is 19.8 Å². The van der Waals surface area contributed by atoms with Crippen molar-refractivity contribution < 1.29 is 19.2 Å². The minimum Gasteiger partial charge on any atom is -0.482 e. The summed E-state index contributed by atoms with van der Waals surface area (Å²) in [4.78, 5) is 26.5. The van der Waals surface area contributed by atoms with E-state index in [4.69, 9.17) is 9.47 Å². The van der Waals surface area contributed by atoms with Gasteiger partial charge in [0.05, 0.1) is 23.8 Å². The largest absolute Gasteiger partial charge is 0.482 e. The number of non-ortho nitro benzene ring substituents is 1. The van der Waals surface area contributed by atoms with Crippen molar-refractivity contribution in [3.05, 3.63) is 28.3 Å². The third kappa shape index (κ3) is 3.59. The van der Waals surface area contributed by atoms with Gasteiger partial charge in [0.1, 0.15) is 5.75 Å². The minimum absolute atomic E-state index is 0.0254. The zero-order valence-corrected chi connectivity index (χ0v) is 12.8. The Bertz CT molecular complexity index is 601. The van der Waals surface area contributed by atoms with Gasteiger partial charge in [0, 0.05) is 38.3 Å². The molecule has 1 saturated heterocycles. The number of carbonyl (C=O) groups is 1. The van der Waals surface area contributed by atoms with Gasteiger partial charge >= 0.3 is 0 Å². The van der Waals surface area contributed by atoms with E-state index in [-0.39, 0.29) is 18.2 Å². The molecule has 8 nitrogen and oxygen atoms in total. The van der Waals surface area contributed by atoms with E-state index in [1.165, 1.54) is 12.1 Å². The van der Waals surface area contributed by atoms with Gasteiger partial charge in [-0.15, -0.1) is 0 Å². The van der Waals surface area contributed by atoms with E-state index in [1.807, 2.05) is 0 Å². The van der Waals surface area contributed by atoms with Crippen molar-refractivity contribution >= 4 is 17.3 Å². The van der Waals surface area contributed by atoms with Crippen LogP contribution in [0.2, 0.25) is 0 Å². The standard InChI is InChI=1S/C15H19N3O5/c19-15-11-23-14-3-2-12(18(20)21)10-13(14)17(15)5-1-4-16-6-8-22-9-7-16/h2-3,10H,1,4-9,11H2. The fourth-order valence-corrected chi connectivity index (χ4v) is 2.83. The van der Waals surface area contributed by atoms with Crippen LogP contribution in [0.1, 0.15) is 6.42 Å². The molecular weight excluding hydrogens is 302 g/mol. The van der Waals surface area contributed by atoms with E-state index in [1.54, 1.807) is 11.0 Å².